The van der Waals surface area contributed by atoms with Gasteiger partial charge in [-0.2, -0.15) is 0 Å². The number of hydrogen-bond acceptors (Lipinski definition) is 5. The maximum absolute atomic E-state index is 6.50. The monoisotopic (exact) mass is 581 g/mol. The molecule has 0 spiro atoms. The van der Waals surface area contributed by atoms with Crippen molar-refractivity contribution in [2.24, 2.45) is 0 Å². The Morgan fingerprint density at radius 3 is 2.04 bits per heavy atom. The fourth-order valence-corrected chi connectivity index (χ4v) is 6.75. The number of nitrogens with zero attached hydrogens (tertiary/aromatic N) is 3. The number of rotatable bonds is 4. The van der Waals surface area contributed by atoms with Crippen LogP contribution in [0.1, 0.15) is 18.4 Å². The van der Waals surface area contributed by atoms with E-state index in [2.05, 4.69) is 73.7 Å². The van der Waals surface area contributed by atoms with Gasteiger partial charge in [-0.3, -0.25) is 0 Å². The molecule has 0 fully saturated rings. The van der Waals surface area contributed by atoms with E-state index in [4.69, 9.17) is 24.1 Å². The van der Waals surface area contributed by atoms with Gasteiger partial charge in [0.05, 0.1) is 0 Å². The largest absolute Gasteiger partial charge is 0.482 e. The molecule has 214 valence electrons. The van der Waals surface area contributed by atoms with Crippen LogP contribution in [0.3, 0.4) is 0 Å². The Hall–Kier alpha value is -5.81. The van der Waals surface area contributed by atoms with Crippen LogP contribution in [0.25, 0.3) is 67.2 Å². The average Bonchev–Trinajstić information content (AvgIpc) is 3.63. The minimum Gasteiger partial charge on any atom is -0.482 e. The van der Waals surface area contributed by atoms with E-state index in [0.717, 1.165) is 55.5 Å². The maximum Gasteiger partial charge on any atom is 0.164 e. The standard InChI is InChI=1S/C40H27N3O2/c1-40-23-9-8-18-31(40)36-28(16-10-20-34(36)45-40)27-21-22-32-30(24-27)35-29(17-11-19-33(35)44-32)39-42-37(25-12-4-2-5-13-25)41-38(43-39)26-14-6-3-7-15-26/h2-24,31H,1H3. The summed E-state index contributed by atoms with van der Waals surface area (Å²) in [5.74, 6) is 2.93. The lowest BCUT2D eigenvalue weighted by Crippen LogP contribution is -2.32. The third-order valence-corrected chi connectivity index (χ3v) is 8.91. The number of benzene rings is 5. The molecule has 5 aromatic carbocycles. The van der Waals surface area contributed by atoms with Crippen LogP contribution in [0.2, 0.25) is 0 Å². The van der Waals surface area contributed by atoms with Crippen molar-refractivity contribution in [3.63, 3.8) is 0 Å². The van der Waals surface area contributed by atoms with Crippen molar-refractivity contribution in [3.8, 4) is 51.0 Å². The van der Waals surface area contributed by atoms with Crippen LogP contribution in [-0.2, 0) is 0 Å². The smallest absolute Gasteiger partial charge is 0.164 e. The normalized spacial score (nSPS) is 18.2. The summed E-state index contributed by atoms with van der Waals surface area (Å²) in [4.78, 5) is 14.9. The molecule has 45 heavy (non-hydrogen) atoms. The fraction of sp³-hybridized carbons (Fsp3) is 0.0750. The van der Waals surface area contributed by atoms with E-state index in [0.29, 0.717) is 17.5 Å². The second kappa shape index (κ2) is 9.86. The first kappa shape index (κ1) is 25.7. The van der Waals surface area contributed by atoms with E-state index >= 15 is 0 Å². The van der Waals surface area contributed by atoms with Crippen molar-refractivity contribution >= 4 is 21.9 Å². The van der Waals surface area contributed by atoms with Gasteiger partial charge in [0.15, 0.2) is 17.5 Å². The predicted molar refractivity (Wildman–Crippen MR) is 179 cm³/mol. The van der Waals surface area contributed by atoms with Gasteiger partial charge in [-0.05, 0) is 48.4 Å². The van der Waals surface area contributed by atoms with Gasteiger partial charge < -0.3 is 9.15 Å². The molecule has 0 bridgehead atoms. The Bertz CT molecular complexity index is 2260. The molecule has 2 aliphatic rings. The first-order valence-corrected chi connectivity index (χ1v) is 15.2. The molecule has 9 rings (SSSR count). The molecule has 2 unspecified atom stereocenters. The molecule has 1 aliphatic carbocycles. The lowest BCUT2D eigenvalue weighted by Gasteiger charge is -2.27. The molecule has 1 aliphatic heterocycles. The van der Waals surface area contributed by atoms with Crippen molar-refractivity contribution in [2.75, 3.05) is 0 Å². The summed E-state index contributed by atoms with van der Waals surface area (Å²) in [5, 5.41) is 1.99. The first-order chi connectivity index (χ1) is 22.1. The highest BCUT2D eigenvalue weighted by Crippen LogP contribution is 2.51. The molecule has 0 radical (unpaired) electrons. The zero-order valence-electron chi connectivity index (χ0n) is 24.5. The third-order valence-electron chi connectivity index (χ3n) is 8.91. The van der Waals surface area contributed by atoms with Crippen LogP contribution < -0.4 is 4.74 Å². The van der Waals surface area contributed by atoms with Crippen molar-refractivity contribution in [1.82, 2.24) is 15.0 Å². The summed E-state index contributed by atoms with van der Waals surface area (Å²) in [6, 6.07) is 39.0. The molecule has 5 nitrogen and oxygen atoms in total. The quantitative estimate of drug-likeness (QED) is 0.207. The molecule has 2 atom stereocenters. The summed E-state index contributed by atoms with van der Waals surface area (Å²) in [5.41, 5.74) is 7.46. The third kappa shape index (κ3) is 4.12. The number of ether oxygens (including phenoxy) is 1. The maximum atomic E-state index is 6.50. The number of hydrogen-bond donors (Lipinski definition) is 0. The van der Waals surface area contributed by atoms with E-state index in [1.807, 2.05) is 72.8 Å². The van der Waals surface area contributed by atoms with Crippen LogP contribution >= 0.6 is 0 Å². The average molecular weight is 582 g/mol. The zero-order chi connectivity index (χ0) is 30.0. The lowest BCUT2D eigenvalue weighted by molar-refractivity contribution is 0.155. The lowest BCUT2D eigenvalue weighted by atomic mass is 9.79. The Morgan fingerprint density at radius 1 is 0.600 bits per heavy atom. The Labute approximate surface area is 260 Å². The summed E-state index contributed by atoms with van der Waals surface area (Å²) < 4.78 is 12.9. The van der Waals surface area contributed by atoms with E-state index in [1.165, 1.54) is 5.56 Å². The summed E-state index contributed by atoms with van der Waals surface area (Å²) >= 11 is 0. The fourth-order valence-electron chi connectivity index (χ4n) is 6.75. The molecular weight excluding hydrogens is 554 g/mol. The van der Waals surface area contributed by atoms with Crippen LogP contribution in [0.15, 0.2) is 144 Å². The summed E-state index contributed by atoms with van der Waals surface area (Å²) in [6.45, 7) is 2.16. The van der Waals surface area contributed by atoms with E-state index < -0.39 is 5.60 Å². The number of fused-ring (bicyclic) bond motifs is 6. The van der Waals surface area contributed by atoms with Crippen molar-refractivity contribution in [2.45, 2.75) is 18.4 Å². The Morgan fingerprint density at radius 2 is 1.29 bits per heavy atom. The minimum atomic E-state index is -0.390. The van der Waals surface area contributed by atoms with Crippen LogP contribution in [0.4, 0.5) is 0 Å². The molecular formula is C40H27N3O2. The predicted octanol–water partition coefficient (Wildman–Crippen LogP) is 9.80. The number of aromatic nitrogens is 3. The van der Waals surface area contributed by atoms with Gasteiger partial charge in [0, 0.05) is 38.9 Å². The highest BCUT2D eigenvalue weighted by molar-refractivity contribution is 6.12. The molecule has 0 amide bonds. The molecule has 3 heterocycles. The summed E-state index contributed by atoms with van der Waals surface area (Å²) in [6.07, 6.45) is 8.58. The Kier molecular flexibility index (Phi) is 5.62. The Balaban J connectivity index is 1.25. The van der Waals surface area contributed by atoms with Gasteiger partial charge in [-0.25, -0.2) is 15.0 Å². The van der Waals surface area contributed by atoms with Gasteiger partial charge in [0.1, 0.15) is 22.5 Å². The highest BCUT2D eigenvalue weighted by atomic mass is 16.5. The molecule has 5 heteroatoms. The van der Waals surface area contributed by atoms with Crippen molar-refractivity contribution in [1.29, 1.82) is 0 Å². The van der Waals surface area contributed by atoms with Crippen LogP contribution in [0.5, 0.6) is 5.75 Å². The second-order valence-corrected chi connectivity index (χ2v) is 11.8. The van der Waals surface area contributed by atoms with E-state index in [-0.39, 0.29) is 5.92 Å². The molecule has 0 saturated carbocycles. The van der Waals surface area contributed by atoms with Gasteiger partial charge in [-0.15, -0.1) is 0 Å². The molecule has 0 N–H and O–H groups in total. The molecule has 2 aromatic heterocycles. The van der Waals surface area contributed by atoms with Gasteiger partial charge in [0.25, 0.3) is 0 Å². The first-order valence-electron chi connectivity index (χ1n) is 15.2. The highest BCUT2D eigenvalue weighted by Gasteiger charge is 2.43. The molecule has 7 aromatic rings. The van der Waals surface area contributed by atoms with E-state index in [9.17, 15) is 0 Å². The summed E-state index contributed by atoms with van der Waals surface area (Å²) in [7, 11) is 0. The van der Waals surface area contributed by atoms with Crippen molar-refractivity contribution in [3.05, 3.63) is 145 Å². The van der Waals surface area contributed by atoms with Gasteiger partial charge >= 0.3 is 0 Å². The van der Waals surface area contributed by atoms with Crippen LogP contribution in [0, 0.1) is 0 Å². The van der Waals surface area contributed by atoms with Gasteiger partial charge in [0.2, 0.25) is 0 Å². The van der Waals surface area contributed by atoms with Crippen LogP contribution in [-0.4, -0.2) is 20.6 Å². The zero-order valence-corrected chi connectivity index (χ0v) is 24.5. The SMILES string of the molecule is CC12C=CC=CC1c1c(cccc1-c1ccc3oc4cccc(-c5nc(-c6ccccc6)nc(-c6ccccc6)n5)c4c3c1)O2. The minimum absolute atomic E-state index is 0.138. The van der Waals surface area contributed by atoms with E-state index in [1.54, 1.807) is 0 Å². The number of allylic oxidation sites excluding steroid dienone is 2. The number of furan rings is 1. The second-order valence-electron chi connectivity index (χ2n) is 11.8. The molecule has 0 saturated heterocycles. The van der Waals surface area contributed by atoms with Crippen molar-refractivity contribution < 1.29 is 9.15 Å². The van der Waals surface area contributed by atoms with Gasteiger partial charge in [-0.1, -0.05) is 109 Å². The topological polar surface area (TPSA) is 61.0 Å².